The predicted octanol–water partition coefficient (Wildman–Crippen LogP) is 5.42. The Kier molecular flexibility index (Phi) is 9.09. The SMILES string of the molecule is C=C/C(C#N)=C\C=C/C[C@@](C)(NCN(C)C)[C@H](C=C)c1ccc(C(F)(F)F)cc1. The zero-order valence-corrected chi connectivity index (χ0v) is 17.1. The number of allylic oxidation sites excluding steroid dienone is 4. The number of hydrogen-bond donors (Lipinski definition) is 1. The minimum Gasteiger partial charge on any atom is -0.298 e. The maximum Gasteiger partial charge on any atom is 0.416 e. The van der Waals surface area contributed by atoms with Gasteiger partial charge in [-0.25, -0.2) is 0 Å². The Labute approximate surface area is 171 Å². The maximum atomic E-state index is 12.9. The highest BCUT2D eigenvalue weighted by molar-refractivity contribution is 5.35. The summed E-state index contributed by atoms with van der Waals surface area (Å²) in [4.78, 5) is 1.97. The molecular formula is C23H28F3N3. The molecule has 1 aromatic carbocycles. The maximum absolute atomic E-state index is 12.9. The first-order chi connectivity index (χ1) is 13.6. The second kappa shape index (κ2) is 10.8. The number of halogens is 3. The lowest BCUT2D eigenvalue weighted by atomic mass is 9.78. The van der Waals surface area contributed by atoms with Crippen molar-refractivity contribution in [3.05, 3.63) is 84.5 Å². The van der Waals surface area contributed by atoms with Crippen LogP contribution in [-0.4, -0.2) is 31.2 Å². The molecule has 29 heavy (non-hydrogen) atoms. The fourth-order valence-electron chi connectivity index (χ4n) is 2.93. The zero-order chi connectivity index (χ0) is 22.1. The van der Waals surface area contributed by atoms with E-state index in [0.717, 1.165) is 17.7 Å². The van der Waals surface area contributed by atoms with Crippen molar-refractivity contribution in [3.8, 4) is 6.07 Å². The van der Waals surface area contributed by atoms with Crippen molar-refractivity contribution in [2.45, 2.75) is 31.0 Å². The van der Waals surface area contributed by atoms with Gasteiger partial charge in [-0.1, -0.05) is 43.0 Å². The van der Waals surface area contributed by atoms with Gasteiger partial charge in [0.25, 0.3) is 0 Å². The summed E-state index contributed by atoms with van der Waals surface area (Å²) in [6.45, 7) is 10.1. The molecule has 0 aromatic heterocycles. The third kappa shape index (κ3) is 7.37. The molecule has 0 saturated heterocycles. The topological polar surface area (TPSA) is 39.1 Å². The molecule has 0 amide bonds. The van der Waals surface area contributed by atoms with Crippen LogP contribution >= 0.6 is 0 Å². The molecule has 0 aliphatic heterocycles. The first-order valence-corrected chi connectivity index (χ1v) is 9.16. The lowest BCUT2D eigenvalue weighted by Gasteiger charge is -2.38. The van der Waals surface area contributed by atoms with E-state index in [-0.39, 0.29) is 5.92 Å². The number of nitrogens with zero attached hydrogens (tertiary/aromatic N) is 2. The normalized spacial score (nSPS) is 15.7. The van der Waals surface area contributed by atoms with Gasteiger partial charge < -0.3 is 0 Å². The van der Waals surface area contributed by atoms with E-state index in [2.05, 4.69) is 18.5 Å². The number of hydrogen-bond acceptors (Lipinski definition) is 3. The average Bonchev–Trinajstić information content (AvgIpc) is 2.67. The van der Waals surface area contributed by atoms with Gasteiger partial charge in [0.15, 0.2) is 0 Å². The van der Waals surface area contributed by atoms with E-state index in [1.165, 1.54) is 18.2 Å². The van der Waals surface area contributed by atoms with Crippen LogP contribution in [-0.2, 0) is 6.18 Å². The Bertz CT molecular complexity index is 783. The van der Waals surface area contributed by atoms with Crippen LogP contribution in [0.15, 0.2) is 73.4 Å². The van der Waals surface area contributed by atoms with Crippen LogP contribution in [0.3, 0.4) is 0 Å². The summed E-state index contributed by atoms with van der Waals surface area (Å²) in [5.41, 5.74) is 0.0177. The molecule has 3 nitrogen and oxygen atoms in total. The van der Waals surface area contributed by atoms with Crippen LogP contribution in [0.5, 0.6) is 0 Å². The number of nitriles is 1. The van der Waals surface area contributed by atoms with Crippen LogP contribution in [0, 0.1) is 11.3 Å². The summed E-state index contributed by atoms with van der Waals surface area (Å²) >= 11 is 0. The first-order valence-electron chi connectivity index (χ1n) is 9.16. The molecule has 0 aliphatic rings. The van der Waals surface area contributed by atoms with Gasteiger partial charge in [-0.3, -0.25) is 10.2 Å². The Morgan fingerprint density at radius 3 is 2.31 bits per heavy atom. The van der Waals surface area contributed by atoms with Gasteiger partial charge >= 0.3 is 6.18 Å². The summed E-state index contributed by atoms with van der Waals surface area (Å²) in [6, 6.07) is 7.22. The van der Waals surface area contributed by atoms with Crippen molar-refractivity contribution in [2.75, 3.05) is 20.8 Å². The molecule has 6 heteroatoms. The van der Waals surface area contributed by atoms with Gasteiger partial charge in [0.1, 0.15) is 0 Å². The second-order valence-electron chi connectivity index (χ2n) is 7.24. The Morgan fingerprint density at radius 1 is 1.24 bits per heavy atom. The minimum absolute atomic E-state index is 0.229. The molecule has 1 N–H and O–H groups in total. The number of benzene rings is 1. The van der Waals surface area contributed by atoms with Crippen molar-refractivity contribution in [1.82, 2.24) is 10.2 Å². The van der Waals surface area contributed by atoms with Crippen LogP contribution < -0.4 is 5.32 Å². The van der Waals surface area contributed by atoms with E-state index in [0.29, 0.717) is 18.7 Å². The lowest BCUT2D eigenvalue weighted by molar-refractivity contribution is -0.137. The van der Waals surface area contributed by atoms with Gasteiger partial charge in [0.05, 0.1) is 17.2 Å². The van der Waals surface area contributed by atoms with Crippen molar-refractivity contribution in [2.24, 2.45) is 0 Å². The van der Waals surface area contributed by atoms with Gasteiger partial charge in [0.2, 0.25) is 0 Å². The molecule has 1 rings (SSSR count). The molecule has 1 aromatic rings. The Morgan fingerprint density at radius 2 is 1.86 bits per heavy atom. The number of rotatable bonds is 10. The first kappa shape index (κ1) is 24.4. The zero-order valence-electron chi connectivity index (χ0n) is 17.1. The number of nitrogens with one attached hydrogen (secondary N) is 1. The second-order valence-corrected chi connectivity index (χ2v) is 7.24. The molecule has 0 heterocycles. The largest absolute Gasteiger partial charge is 0.416 e. The summed E-state index contributed by atoms with van der Waals surface area (Å²) in [5.74, 6) is -0.229. The molecule has 0 spiro atoms. The molecule has 156 valence electrons. The third-order valence-electron chi connectivity index (χ3n) is 4.62. The summed E-state index contributed by atoms with van der Waals surface area (Å²) in [7, 11) is 3.85. The molecule has 0 aliphatic carbocycles. The van der Waals surface area contributed by atoms with E-state index in [1.54, 1.807) is 18.2 Å². The molecule has 0 bridgehead atoms. The highest BCUT2D eigenvalue weighted by Crippen LogP contribution is 2.35. The van der Waals surface area contributed by atoms with E-state index in [9.17, 15) is 13.2 Å². The Hall–Kier alpha value is -2.62. The van der Waals surface area contributed by atoms with Crippen molar-refractivity contribution in [3.63, 3.8) is 0 Å². The molecule has 0 radical (unpaired) electrons. The Balaban J connectivity index is 3.19. The van der Waals surface area contributed by atoms with E-state index < -0.39 is 17.3 Å². The summed E-state index contributed by atoms with van der Waals surface area (Å²) < 4.78 is 38.7. The smallest absolute Gasteiger partial charge is 0.298 e. The predicted molar refractivity (Wildman–Crippen MR) is 112 cm³/mol. The summed E-state index contributed by atoms with van der Waals surface area (Å²) in [6.07, 6.45) is 4.80. The molecular weight excluding hydrogens is 375 g/mol. The lowest BCUT2D eigenvalue weighted by Crippen LogP contribution is -2.50. The monoisotopic (exact) mass is 403 g/mol. The highest BCUT2D eigenvalue weighted by atomic mass is 19.4. The molecule has 2 atom stereocenters. The van der Waals surface area contributed by atoms with E-state index in [4.69, 9.17) is 5.26 Å². The van der Waals surface area contributed by atoms with Gasteiger partial charge in [-0.2, -0.15) is 18.4 Å². The van der Waals surface area contributed by atoms with Gasteiger partial charge in [0, 0.05) is 18.1 Å². The minimum atomic E-state index is -4.37. The summed E-state index contributed by atoms with van der Waals surface area (Å²) in [5, 5.41) is 12.4. The van der Waals surface area contributed by atoms with Crippen LogP contribution in [0.4, 0.5) is 13.2 Å². The quantitative estimate of drug-likeness (QED) is 0.245. The van der Waals surface area contributed by atoms with E-state index in [1.807, 2.05) is 38.1 Å². The van der Waals surface area contributed by atoms with Crippen molar-refractivity contribution >= 4 is 0 Å². The van der Waals surface area contributed by atoms with E-state index >= 15 is 0 Å². The van der Waals surface area contributed by atoms with Crippen molar-refractivity contribution < 1.29 is 13.2 Å². The van der Waals surface area contributed by atoms with Crippen molar-refractivity contribution in [1.29, 1.82) is 5.26 Å². The fraction of sp³-hybridized carbons (Fsp3) is 0.348. The molecule has 0 fully saturated rings. The molecule has 0 saturated carbocycles. The standard InChI is InChI=1S/C23H28F3N3/c1-6-18(16-27)10-8-9-15-22(3,28-17-29(4)5)21(7-2)19-11-13-20(14-12-19)23(24,25)26/h6-14,21,28H,1-2,15,17H2,3-5H3/b9-8-,18-10+/t21-,22-/m1/s1. The average molecular weight is 403 g/mol. The fourth-order valence-corrected chi connectivity index (χ4v) is 2.93. The third-order valence-corrected chi connectivity index (χ3v) is 4.62. The van der Waals surface area contributed by atoms with Gasteiger partial charge in [-0.15, -0.1) is 6.58 Å². The van der Waals surface area contributed by atoms with Crippen LogP contribution in [0.25, 0.3) is 0 Å². The van der Waals surface area contributed by atoms with Gasteiger partial charge in [-0.05, 0) is 51.2 Å². The molecule has 0 unspecified atom stereocenters. The highest BCUT2D eigenvalue weighted by Gasteiger charge is 2.34. The van der Waals surface area contributed by atoms with Crippen LogP contribution in [0.2, 0.25) is 0 Å². The number of alkyl halides is 3. The van der Waals surface area contributed by atoms with Crippen LogP contribution in [0.1, 0.15) is 30.4 Å².